The number of carbonyl (C=O) groups is 1. The van der Waals surface area contributed by atoms with Gasteiger partial charge in [0.05, 0.1) is 19.9 Å². The molecule has 2 rings (SSSR count). The Morgan fingerprint density at radius 3 is 2.32 bits per heavy atom. The number of hydrogen-bond acceptors (Lipinski definition) is 3. The minimum absolute atomic E-state index is 0.128. The monoisotopic (exact) mass is 304 g/mol. The van der Waals surface area contributed by atoms with Crippen molar-refractivity contribution in [3.63, 3.8) is 0 Å². The van der Waals surface area contributed by atoms with Crippen molar-refractivity contribution in [1.29, 1.82) is 0 Å². The second-order valence-electron chi connectivity index (χ2n) is 4.51. The van der Waals surface area contributed by atoms with Gasteiger partial charge in [-0.25, -0.2) is 9.18 Å². The molecule has 2 N–H and O–H groups in total. The molecule has 0 saturated carbocycles. The van der Waals surface area contributed by atoms with E-state index in [1.165, 1.54) is 12.1 Å². The van der Waals surface area contributed by atoms with Gasteiger partial charge in [0, 0.05) is 12.6 Å². The number of nitrogens with one attached hydrogen (secondary N) is 2. The van der Waals surface area contributed by atoms with E-state index in [2.05, 4.69) is 10.6 Å². The molecule has 0 spiro atoms. The Labute approximate surface area is 128 Å². The van der Waals surface area contributed by atoms with E-state index >= 15 is 0 Å². The van der Waals surface area contributed by atoms with Crippen LogP contribution >= 0.6 is 0 Å². The van der Waals surface area contributed by atoms with Gasteiger partial charge < -0.3 is 20.1 Å². The topological polar surface area (TPSA) is 59.6 Å². The lowest BCUT2D eigenvalue weighted by molar-refractivity contribution is 0.251. The van der Waals surface area contributed by atoms with Crippen molar-refractivity contribution in [3.8, 4) is 11.5 Å². The number of methoxy groups -OCH3 is 2. The van der Waals surface area contributed by atoms with E-state index in [0.29, 0.717) is 11.5 Å². The molecule has 2 amide bonds. The van der Waals surface area contributed by atoms with E-state index in [1.54, 1.807) is 44.6 Å². The molecule has 0 atom stereocenters. The van der Waals surface area contributed by atoms with Crippen molar-refractivity contribution in [2.75, 3.05) is 19.5 Å². The first kappa shape index (κ1) is 15.6. The third kappa shape index (κ3) is 4.12. The minimum Gasteiger partial charge on any atom is -0.497 e. The van der Waals surface area contributed by atoms with Crippen molar-refractivity contribution in [1.82, 2.24) is 5.32 Å². The van der Waals surface area contributed by atoms with Gasteiger partial charge >= 0.3 is 6.03 Å². The first-order valence-corrected chi connectivity index (χ1v) is 6.63. The summed E-state index contributed by atoms with van der Waals surface area (Å²) < 4.78 is 23.8. The lowest BCUT2D eigenvalue weighted by Gasteiger charge is -2.11. The predicted octanol–water partition coefficient (Wildman–Crippen LogP) is 3.16. The van der Waals surface area contributed by atoms with E-state index in [0.717, 1.165) is 5.56 Å². The molecular formula is C16H17FN2O3. The van der Waals surface area contributed by atoms with Crippen molar-refractivity contribution < 1.29 is 18.7 Å². The van der Waals surface area contributed by atoms with Crippen molar-refractivity contribution in [3.05, 3.63) is 53.8 Å². The van der Waals surface area contributed by atoms with Crippen molar-refractivity contribution >= 4 is 11.7 Å². The summed E-state index contributed by atoms with van der Waals surface area (Å²) in [6.07, 6.45) is 0. The van der Waals surface area contributed by atoms with Gasteiger partial charge in [-0.3, -0.25) is 0 Å². The van der Waals surface area contributed by atoms with Crippen LogP contribution in [0.4, 0.5) is 14.9 Å². The first-order chi connectivity index (χ1) is 10.6. The van der Waals surface area contributed by atoms with Gasteiger partial charge in [-0.15, -0.1) is 0 Å². The molecule has 0 aliphatic carbocycles. The summed E-state index contributed by atoms with van der Waals surface area (Å²) in [6, 6.07) is 10.8. The maximum atomic E-state index is 13.4. The van der Waals surface area contributed by atoms with Gasteiger partial charge in [-0.2, -0.15) is 0 Å². The Bertz CT molecular complexity index is 639. The summed E-state index contributed by atoms with van der Waals surface area (Å²) in [5.74, 6) is 0.775. The highest BCUT2D eigenvalue weighted by molar-refractivity contribution is 5.89. The molecule has 5 nitrogen and oxygen atoms in total. The average Bonchev–Trinajstić information content (AvgIpc) is 2.54. The number of ether oxygens (including phenoxy) is 2. The maximum absolute atomic E-state index is 13.4. The molecule has 0 saturated heterocycles. The van der Waals surface area contributed by atoms with Gasteiger partial charge in [0.2, 0.25) is 0 Å². The number of anilines is 1. The normalized spacial score (nSPS) is 9.95. The van der Waals surface area contributed by atoms with E-state index in [-0.39, 0.29) is 12.2 Å². The number of halogens is 1. The lowest BCUT2D eigenvalue weighted by atomic mass is 10.2. The highest BCUT2D eigenvalue weighted by Gasteiger charge is 2.07. The molecule has 0 radical (unpaired) electrons. The second kappa shape index (κ2) is 7.31. The van der Waals surface area contributed by atoms with E-state index < -0.39 is 11.8 Å². The van der Waals surface area contributed by atoms with E-state index in [1.807, 2.05) is 0 Å². The molecule has 2 aromatic rings. The van der Waals surface area contributed by atoms with Crippen LogP contribution in [-0.4, -0.2) is 20.3 Å². The van der Waals surface area contributed by atoms with Crippen LogP contribution in [0.25, 0.3) is 0 Å². The highest BCUT2D eigenvalue weighted by atomic mass is 19.1. The molecule has 0 aliphatic heterocycles. The summed E-state index contributed by atoms with van der Waals surface area (Å²) in [6.45, 7) is 0.258. The number of carbonyl (C=O) groups excluding carboxylic acids is 1. The molecule has 116 valence electrons. The summed E-state index contributed by atoms with van der Waals surface area (Å²) >= 11 is 0. The smallest absolute Gasteiger partial charge is 0.319 e. The fraction of sp³-hybridized carbons (Fsp3) is 0.188. The zero-order valence-corrected chi connectivity index (χ0v) is 12.4. The van der Waals surface area contributed by atoms with Crippen molar-refractivity contribution in [2.45, 2.75) is 6.54 Å². The van der Waals surface area contributed by atoms with Crippen LogP contribution < -0.4 is 20.1 Å². The molecule has 0 aliphatic rings. The summed E-state index contributed by atoms with van der Waals surface area (Å²) in [5.41, 5.74) is 0.933. The van der Waals surface area contributed by atoms with E-state index in [4.69, 9.17) is 9.47 Å². The third-order valence-corrected chi connectivity index (χ3v) is 2.99. The lowest BCUT2D eigenvalue weighted by Crippen LogP contribution is -2.28. The quantitative estimate of drug-likeness (QED) is 0.892. The molecule has 0 fully saturated rings. The van der Waals surface area contributed by atoms with Crippen LogP contribution in [0.5, 0.6) is 11.5 Å². The zero-order chi connectivity index (χ0) is 15.9. The van der Waals surface area contributed by atoms with Gasteiger partial charge in [0.1, 0.15) is 17.3 Å². The summed E-state index contributed by atoms with van der Waals surface area (Å²) in [7, 11) is 3.10. The molecule has 2 aromatic carbocycles. The van der Waals surface area contributed by atoms with Gasteiger partial charge in [-0.1, -0.05) is 12.1 Å². The SMILES string of the molecule is COc1cc(CNC(=O)Nc2ccccc2F)cc(OC)c1. The van der Waals surface area contributed by atoms with Crippen LogP contribution in [0.1, 0.15) is 5.56 Å². The van der Waals surface area contributed by atoms with Crippen molar-refractivity contribution in [2.24, 2.45) is 0 Å². The number of amides is 2. The fourth-order valence-corrected chi connectivity index (χ4v) is 1.88. The molecule has 0 unspecified atom stereocenters. The zero-order valence-electron chi connectivity index (χ0n) is 12.4. The number of benzene rings is 2. The van der Waals surface area contributed by atoms with Gasteiger partial charge in [0.25, 0.3) is 0 Å². The first-order valence-electron chi connectivity index (χ1n) is 6.63. The molecular weight excluding hydrogens is 287 g/mol. The van der Waals surface area contributed by atoms with Crippen LogP contribution in [0.2, 0.25) is 0 Å². The summed E-state index contributed by atoms with van der Waals surface area (Å²) in [5, 5.41) is 5.10. The standard InChI is InChI=1S/C16H17FN2O3/c1-21-12-7-11(8-13(9-12)22-2)10-18-16(20)19-15-6-4-3-5-14(15)17/h3-9H,10H2,1-2H3,(H2,18,19,20). The second-order valence-corrected chi connectivity index (χ2v) is 4.51. The highest BCUT2D eigenvalue weighted by Crippen LogP contribution is 2.22. The predicted molar refractivity (Wildman–Crippen MR) is 81.8 cm³/mol. The maximum Gasteiger partial charge on any atom is 0.319 e. The molecule has 0 aromatic heterocycles. The Kier molecular flexibility index (Phi) is 5.19. The number of hydrogen-bond donors (Lipinski definition) is 2. The largest absolute Gasteiger partial charge is 0.497 e. The average molecular weight is 304 g/mol. The van der Waals surface area contributed by atoms with Gasteiger partial charge in [-0.05, 0) is 29.8 Å². The Morgan fingerprint density at radius 1 is 1.09 bits per heavy atom. The van der Waals surface area contributed by atoms with Crippen LogP contribution in [0.3, 0.4) is 0 Å². The van der Waals surface area contributed by atoms with Crippen LogP contribution in [0, 0.1) is 5.82 Å². The van der Waals surface area contributed by atoms with Crippen LogP contribution in [0.15, 0.2) is 42.5 Å². The Hall–Kier alpha value is -2.76. The van der Waals surface area contributed by atoms with Gasteiger partial charge in [0.15, 0.2) is 0 Å². The molecule has 0 bridgehead atoms. The fourth-order valence-electron chi connectivity index (χ4n) is 1.88. The number of para-hydroxylation sites is 1. The number of urea groups is 1. The number of rotatable bonds is 5. The molecule has 0 heterocycles. The Balaban J connectivity index is 1.98. The van der Waals surface area contributed by atoms with Crippen LogP contribution in [-0.2, 0) is 6.54 Å². The molecule has 6 heteroatoms. The van der Waals surface area contributed by atoms with E-state index in [9.17, 15) is 9.18 Å². The summed E-state index contributed by atoms with van der Waals surface area (Å²) in [4.78, 5) is 11.8. The minimum atomic E-state index is -0.494. The third-order valence-electron chi connectivity index (χ3n) is 2.99. The Morgan fingerprint density at radius 2 is 1.73 bits per heavy atom. The molecule has 22 heavy (non-hydrogen) atoms.